The van der Waals surface area contributed by atoms with E-state index >= 15 is 0 Å². The van der Waals surface area contributed by atoms with Crippen molar-refractivity contribution in [1.29, 1.82) is 0 Å². The quantitative estimate of drug-likeness (QED) is 0.314. The molecule has 0 spiro atoms. The lowest BCUT2D eigenvalue weighted by Gasteiger charge is -2.10. The third kappa shape index (κ3) is 6.39. The number of alkyl halides is 1. The van der Waals surface area contributed by atoms with E-state index in [-0.39, 0.29) is 24.4 Å². The Morgan fingerprint density at radius 1 is 1.11 bits per heavy atom. The third-order valence-corrected chi connectivity index (χ3v) is 4.28. The second kappa shape index (κ2) is 11.5. The minimum atomic E-state index is -0.363. The maximum absolute atomic E-state index is 12.2. The van der Waals surface area contributed by atoms with Gasteiger partial charge in [-0.15, -0.1) is 0 Å². The smallest absolute Gasteiger partial charge is 0.323 e. The molecule has 0 bridgehead atoms. The summed E-state index contributed by atoms with van der Waals surface area (Å²) in [5, 5.41) is 4.11. The average molecular weight is 446 g/mol. The lowest BCUT2D eigenvalue weighted by Crippen LogP contribution is -2.33. The number of nitrogens with one attached hydrogen (secondary N) is 1. The van der Waals surface area contributed by atoms with Crippen molar-refractivity contribution in [2.75, 3.05) is 18.5 Å². The van der Waals surface area contributed by atoms with Crippen LogP contribution in [0.5, 0.6) is 0 Å². The summed E-state index contributed by atoms with van der Waals surface area (Å²) in [6.07, 6.45) is 2.50. The molecule has 0 aliphatic carbocycles. The van der Waals surface area contributed by atoms with Crippen molar-refractivity contribution < 1.29 is 19.1 Å². The summed E-state index contributed by atoms with van der Waals surface area (Å²) in [7, 11) is 0. The number of aldehydes is 1. The van der Waals surface area contributed by atoms with Crippen LogP contribution in [0.25, 0.3) is 11.1 Å². The van der Waals surface area contributed by atoms with E-state index in [0.29, 0.717) is 11.1 Å². The predicted octanol–water partition coefficient (Wildman–Crippen LogP) is 4.05. The second-order valence-corrected chi connectivity index (χ2v) is 7.39. The van der Waals surface area contributed by atoms with Gasteiger partial charge in [0.2, 0.25) is 0 Å². The van der Waals surface area contributed by atoms with Crippen LogP contribution in [0.4, 0.5) is 0 Å². The van der Waals surface area contributed by atoms with Crippen molar-refractivity contribution in [2.24, 2.45) is 0 Å². The minimum absolute atomic E-state index is 0.228. The molecular formula is C22H24BrNO4. The summed E-state index contributed by atoms with van der Waals surface area (Å²) in [6, 6.07) is 14.0. The fraction of sp³-hybridized carbons (Fsp3) is 0.318. The number of ether oxygens (including phenoxy) is 1. The summed E-state index contributed by atoms with van der Waals surface area (Å²) in [4.78, 5) is 34.7. The molecule has 2 aromatic rings. The molecule has 1 unspecified atom stereocenters. The van der Waals surface area contributed by atoms with Gasteiger partial charge in [0.1, 0.15) is 12.3 Å². The number of hydrogen-bond donors (Lipinski definition) is 1. The van der Waals surface area contributed by atoms with Crippen molar-refractivity contribution in [3.05, 3.63) is 59.7 Å². The standard InChI is InChI=1S/C20H19NO4.C2H5Br/c22-12-14-3-5-15(6-4-14)16-7-9-17(10-8-16)19(23)13-25-20(24)18-2-1-11-21-18;1-2-3/h3-10,12,18,21H,1-2,11,13H2;2H2,1H3. The van der Waals surface area contributed by atoms with Gasteiger partial charge in [0.05, 0.1) is 0 Å². The number of carbonyl (C=O) groups is 3. The number of halogens is 1. The molecule has 0 saturated carbocycles. The Hall–Kier alpha value is -2.31. The van der Waals surface area contributed by atoms with Gasteiger partial charge in [-0.1, -0.05) is 71.4 Å². The molecule has 1 heterocycles. The van der Waals surface area contributed by atoms with Crippen molar-refractivity contribution in [1.82, 2.24) is 5.32 Å². The number of hydrogen-bond acceptors (Lipinski definition) is 5. The normalized spacial score (nSPS) is 15.3. The van der Waals surface area contributed by atoms with Crippen LogP contribution in [0.1, 0.15) is 40.5 Å². The molecule has 148 valence electrons. The largest absolute Gasteiger partial charge is 0.456 e. The van der Waals surface area contributed by atoms with E-state index in [4.69, 9.17) is 4.74 Å². The molecule has 0 radical (unpaired) electrons. The van der Waals surface area contributed by atoms with E-state index in [1.165, 1.54) is 0 Å². The molecular weight excluding hydrogens is 422 g/mol. The van der Waals surface area contributed by atoms with Crippen LogP contribution in [0.2, 0.25) is 0 Å². The maximum atomic E-state index is 12.2. The van der Waals surface area contributed by atoms with Gasteiger partial charge < -0.3 is 10.1 Å². The first kappa shape index (κ1) is 22.0. The molecule has 1 saturated heterocycles. The molecule has 1 N–H and O–H groups in total. The summed E-state index contributed by atoms with van der Waals surface area (Å²) in [6.45, 7) is 2.60. The molecule has 1 aliphatic heterocycles. The fourth-order valence-electron chi connectivity index (χ4n) is 2.81. The van der Waals surface area contributed by atoms with Gasteiger partial charge in [0.15, 0.2) is 12.4 Å². The van der Waals surface area contributed by atoms with Crippen molar-refractivity contribution in [3.63, 3.8) is 0 Å². The van der Waals surface area contributed by atoms with E-state index < -0.39 is 0 Å². The summed E-state index contributed by atoms with van der Waals surface area (Å²) >= 11 is 3.15. The van der Waals surface area contributed by atoms with Gasteiger partial charge >= 0.3 is 5.97 Å². The van der Waals surface area contributed by atoms with Crippen LogP contribution >= 0.6 is 15.9 Å². The van der Waals surface area contributed by atoms with Crippen molar-refractivity contribution in [3.8, 4) is 11.1 Å². The zero-order valence-electron chi connectivity index (χ0n) is 15.8. The monoisotopic (exact) mass is 445 g/mol. The van der Waals surface area contributed by atoms with Gasteiger partial charge in [0.25, 0.3) is 0 Å². The first-order chi connectivity index (χ1) is 13.6. The summed E-state index contributed by atoms with van der Waals surface area (Å²) in [5.74, 6) is -0.591. The predicted molar refractivity (Wildman–Crippen MR) is 113 cm³/mol. The maximum Gasteiger partial charge on any atom is 0.323 e. The summed E-state index contributed by atoms with van der Waals surface area (Å²) in [5.41, 5.74) is 3.03. The Kier molecular flexibility index (Phi) is 9.04. The highest BCUT2D eigenvalue weighted by Gasteiger charge is 2.24. The van der Waals surface area contributed by atoms with E-state index in [1.54, 1.807) is 24.3 Å². The van der Waals surface area contributed by atoms with Crippen molar-refractivity contribution >= 4 is 34.0 Å². The van der Waals surface area contributed by atoms with Gasteiger partial charge in [-0.25, -0.2) is 0 Å². The molecule has 0 amide bonds. The Labute approximate surface area is 173 Å². The van der Waals surface area contributed by atoms with E-state index in [2.05, 4.69) is 21.2 Å². The van der Waals surface area contributed by atoms with E-state index in [9.17, 15) is 14.4 Å². The van der Waals surface area contributed by atoms with Crippen LogP contribution in [-0.2, 0) is 9.53 Å². The molecule has 2 aromatic carbocycles. The van der Waals surface area contributed by atoms with Gasteiger partial charge in [-0.05, 0) is 30.5 Å². The first-order valence-electron chi connectivity index (χ1n) is 9.24. The van der Waals surface area contributed by atoms with Gasteiger partial charge in [-0.2, -0.15) is 0 Å². The Morgan fingerprint density at radius 3 is 2.18 bits per heavy atom. The number of carbonyl (C=O) groups excluding carboxylic acids is 3. The number of ketones is 1. The Morgan fingerprint density at radius 2 is 1.68 bits per heavy atom. The molecule has 5 nitrogen and oxygen atoms in total. The highest BCUT2D eigenvalue weighted by atomic mass is 79.9. The van der Waals surface area contributed by atoms with E-state index in [1.807, 2.05) is 31.2 Å². The average Bonchev–Trinajstić information content (AvgIpc) is 3.27. The highest BCUT2D eigenvalue weighted by molar-refractivity contribution is 9.09. The number of rotatable bonds is 6. The van der Waals surface area contributed by atoms with Crippen molar-refractivity contribution in [2.45, 2.75) is 25.8 Å². The Balaban J connectivity index is 0.000000878. The highest BCUT2D eigenvalue weighted by Crippen LogP contribution is 2.20. The van der Waals surface area contributed by atoms with Crippen LogP contribution < -0.4 is 5.32 Å². The molecule has 1 aliphatic rings. The SMILES string of the molecule is CCBr.O=Cc1ccc(-c2ccc(C(=O)COC(=O)C3CCCN3)cc2)cc1. The molecule has 1 atom stereocenters. The molecule has 28 heavy (non-hydrogen) atoms. The van der Waals surface area contributed by atoms with Crippen LogP contribution in [0, 0.1) is 0 Å². The van der Waals surface area contributed by atoms with Gasteiger partial charge in [-0.3, -0.25) is 14.4 Å². The molecule has 6 heteroatoms. The topological polar surface area (TPSA) is 72.5 Å². The fourth-order valence-corrected chi connectivity index (χ4v) is 2.81. The zero-order chi connectivity index (χ0) is 20.4. The number of Topliss-reactive ketones (excluding diaryl/α,β-unsaturated/α-hetero) is 1. The number of esters is 1. The second-order valence-electron chi connectivity index (χ2n) is 6.26. The number of benzene rings is 2. The Bertz CT molecular complexity index is 781. The molecule has 1 fully saturated rings. The van der Waals surface area contributed by atoms with Crippen LogP contribution in [0.3, 0.4) is 0 Å². The molecule has 0 aromatic heterocycles. The third-order valence-electron chi connectivity index (χ3n) is 4.28. The lowest BCUT2D eigenvalue weighted by molar-refractivity contribution is -0.144. The lowest BCUT2D eigenvalue weighted by atomic mass is 10.0. The van der Waals surface area contributed by atoms with Gasteiger partial charge in [0, 0.05) is 16.5 Å². The van der Waals surface area contributed by atoms with Crippen LogP contribution in [0.15, 0.2) is 48.5 Å². The first-order valence-corrected chi connectivity index (χ1v) is 10.4. The van der Waals surface area contributed by atoms with Crippen LogP contribution in [-0.4, -0.2) is 42.6 Å². The zero-order valence-corrected chi connectivity index (χ0v) is 17.4. The summed E-state index contributed by atoms with van der Waals surface area (Å²) < 4.78 is 5.10. The van der Waals surface area contributed by atoms with E-state index in [0.717, 1.165) is 42.1 Å². The minimum Gasteiger partial charge on any atom is -0.456 e. The molecule has 3 rings (SSSR count).